The number of benzene rings is 1. The predicted molar refractivity (Wildman–Crippen MR) is 92.2 cm³/mol. The van der Waals surface area contributed by atoms with Gasteiger partial charge in [-0.2, -0.15) is 23.4 Å². The number of halogens is 3. The fourth-order valence-corrected chi connectivity index (χ4v) is 4.08. The smallest absolute Gasteiger partial charge is 0.334 e. The highest BCUT2D eigenvalue weighted by Gasteiger charge is 2.39. The quantitative estimate of drug-likeness (QED) is 0.647. The van der Waals surface area contributed by atoms with Crippen LogP contribution < -0.4 is 0 Å². The molecule has 1 aliphatic heterocycles. The molecule has 1 amide bonds. The number of carbonyl (C=O) groups is 1. The Morgan fingerprint density at radius 2 is 2.11 bits per heavy atom. The Balaban J connectivity index is 1.58. The summed E-state index contributed by atoms with van der Waals surface area (Å²) in [7, 11) is 0. The molecule has 10 heteroatoms. The van der Waals surface area contributed by atoms with Crippen molar-refractivity contribution in [2.45, 2.75) is 19.1 Å². The van der Waals surface area contributed by atoms with E-state index < -0.39 is 12.1 Å². The first-order valence-corrected chi connectivity index (χ1v) is 8.99. The summed E-state index contributed by atoms with van der Waals surface area (Å²) in [5.74, 6) is -1.77. The standard InChI is InChI=1S/C18H11F3N4O2S/c19-18(20,21)17-23-15(24-27-17)14-7-11-9-25(6-5-13(11)28-14)16(26)12-4-2-1-3-10(12)8-22/h1-4,7H,5-6,9H2. The largest absolute Gasteiger partial charge is 0.471 e. The van der Waals surface area contributed by atoms with Crippen LogP contribution in [0.4, 0.5) is 13.2 Å². The molecule has 0 unspecified atom stereocenters. The molecule has 6 nitrogen and oxygen atoms in total. The number of nitrogens with zero attached hydrogens (tertiary/aromatic N) is 4. The van der Waals surface area contributed by atoms with Crippen molar-refractivity contribution in [1.29, 1.82) is 5.26 Å². The lowest BCUT2D eigenvalue weighted by Crippen LogP contribution is -2.35. The van der Waals surface area contributed by atoms with E-state index >= 15 is 0 Å². The van der Waals surface area contributed by atoms with Gasteiger partial charge in [0.05, 0.1) is 22.1 Å². The van der Waals surface area contributed by atoms with E-state index in [2.05, 4.69) is 14.7 Å². The van der Waals surface area contributed by atoms with Crippen molar-refractivity contribution in [3.05, 3.63) is 57.8 Å². The van der Waals surface area contributed by atoms with E-state index in [0.29, 0.717) is 35.5 Å². The van der Waals surface area contributed by atoms with Crippen molar-refractivity contribution in [1.82, 2.24) is 15.0 Å². The number of alkyl halides is 3. The van der Waals surface area contributed by atoms with Gasteiger partial charge in [0.1, 0.15) is 0 Å². The third-order valence-electron chi connectivity index (χ3n) is 4.32. The molecule has 2 aromatic heterocycles. The summed E-state index contributed by atoms with van der Waals surface area (Å²) in [5, 5.41) is 12.6. The zero-order valence-corrected chi connectivity index (χ0v) is 15.0. The summed E-state index contributed by atoms with van der Waals surface area (Å²) in [4.78, 5) is 19.2. The average Bonchev–Trinajstić information content (AvgIpc) is 3.33. The van der Waals surface area contributed by atoms with Crippen LogP contribution in [0.15, 0.2) is 34.9 Å². The van der Waals surface area contributed by atoms with Gasteiger partial charge in [-0.15, -0.1) is 11.3 Å². The molecule has 0 aliphatic carbocycles. The molecule has 0 saturated heterocycles. The van der Waals surface area contributed by atoms with Gasteiger partial charge in [0.15, 0.2) is 0 Å². The molecule has 0 fully saturated rings. The molecule has 142 valence electrons. The average molecular weight is 404 g/mol. The van der Waals surface area contributed by atoms with Gasteiger partial charge in [0, 0.05) is 18.0 Å². The van der Waals surface area contributed by atoms with Gasteiger partial charge in [-0.3, -0.25) is 4.79 Å². The number of hydrogen-bond donors (Lipinski definition) is 0. The summed E-state index contributed by atoms with van der Waals surface area (Å²) >= 11 is 1.29. The molecule has 0 bridgehead atoms. The molecule has 1 aromatic carbocycles. The van der Waals surface area contributed by atoms with Gasteiger partial charge >= 0.3 is 12.1 Å². The molecule has 3 heterocycles. The number of hydrogen-bond acceptors (Lipinski definition) is 6. The summed E-state index contributed by atoms with van der Waals surface area (Å²) in [6.45, 7) is 0.750. The van der Waals surface area contributed by atoms with Crippen LogP contribution in [-0.4, -0.2) is 27.5 Å². The minimum Gasteiger partial charge on any atom is -0.334 e. The van der Waals surface area contributed by atoms with Crippen LogP contribution in [0.3, 0.4) is 0 Å². The van der Waals surface area contributed by atoms with E-state index in [-0.39, 0.29) is 11.7 Å². The van der Waals surface area contributed by atoms with Gasteiger partial charge in [-0.25, -0.2) is 0 Å². The third kappa shape index (κ3) is 3.25. The fourth-order valence-electron chi connectivity index (χ4n) is 2.99. The Kier molecular flexibility index (Phi) is 4.39. The Labute approximate surface area is 160 Å². The lowest BCUT2D eigenvalue weighted by molar-refractivity contribution is -0.159. The summed E-state index contributed by atoms with van der Waals surface area (Å²) in [5.41, 5.74) is 1.46. The molecular formula is C18H11F3N4O2S. The molecule has 0 atom stereocenters. The highest BCUT2D eigenvalue weighted by atomic mass is 32.1. The summed E-state index contributed by atoms with van der Waals surface area (Å²) in [6.07, 6.45) is -4.14. The van der Waals surface area contributed by atoms with Crippen LogP contribution in [0.2, 0.25) is 0 Å². The molecule has 3 aromatic rings. The zero-order chi connectivity index (χ0) is 19.9. The maximum atomic E-state index is 12.8. The molecule has 28 heavy (non-hydrogen) atoms. The van der Waals surface area contributed by atoms with Gasteiger partial charge in [0.25, 0.3) is 5.91 Å². The molecular weight excluding hydrogens is 393 g/mol. The number of rotatable bonds is 2. The monoisotopic (exact) mass is 404 g/mol. The van der Waals surface area contributed by atoms with E-state index in [9.17, 15) is 23.2 Å². The van der Waals surface area contributed by atoms with Crippen molar-refractivity contribution in [3.63, 3.8) is 0 Å². The van der Waals surface area contributed by atoms with Gasteiger partial charge in [-0.1, -0.05) is 17.3 Å². The van der Waals surface area contributed by atoms with Crippen LogP contribution >= 0.6 is 11.3 Å². The maximum absolute atomic E-state index is 12.8. The second-order valence-corrected chi connectivity index (χ2v) is 7.25. The topological polar surface area (TPSA) is 83.0 Å². The highest BCUT2D eigenvalue weighted by Crippen LogP contribution is 2.36. The fraction of sp³-hybridized carbons (Fsp3) is 0.222. The Bertz CT molecular complexity index is 1100. The minimum atomic E-state index is -4.69. The molecule has 0 radical (unpaired) electrons. The number of nitriles is 1. The number of carbonyl (C=O) groups excluding carboxylic acids is 1. The van der Waals surface area contributed by atoms with E-state index in [0.717, 1.165) is 10.4 Å². The minimum absolute atomic E-state index is 0.126. The van der Waals surface area contributed by atoms with Crippen LogP contribution in [0, 0.1) is 11.3 Å². The first-order valence-electron chi connectivity index (χ1n) is 8.18. The van der Waals surface area contributed by atoms with Crippen molar-refractivity contribution in [2.24, 2.45) is 0 Å². The van der Waals surface area contributed by atoms with Crippen LogP contribution in [-0.2, 0) is 19.1 Å². The van der Waals surface area contributed by atoms with Crippen molar-refractivity contribution in [2.75, 3.05) is 6.54 Å². The van der Waals surface area contributed by atoms with Crippen LogP contribution in [0.5, 0.6) is 0 Å². The van der Waals surface area contributed by atoms with Crippen LogP contribution in [0.1, 0.15) is 32.3 Å². The lowest BCUT2D eigenvalue weighted by Gasteiger charge is -2.27. The number of fused-ring (bicyclic) bond motifs is 1. The van der Waals surface area contributed by atoms with Crippen molar-refractivity contribution >= 4 is 17.2 Å². The number of amides is 1. The molecule has 4 rings (SSSR count). The summed E-state index contributed by atoms with van der Waals surface area (Å²) in [6, 6.07) is 10.3. The lowest BCUT2D eigenvalue weighted by atomic mass is 10.0. The zero-order valence-electron chi connectivity index (χ0n) is 14.2. The van der Waals surface area contributed by atoms with Crippen molar-refractivity contribution < 1.29 is 22.5 Å². The molecule has 0 N–H and O–H groups in total. The second kappa shape index (κ2) is 6.76. The first-order chi connectivity index (χ1) is 13.4. The Morgan fingerprint density at radius 3 is 2.82 bits per heavy atom. The van der Waals surface area contributed by atoms with Gasteiger partial charge < -0.3 is 9.42 Å². The molecule has 1 aliphatic rings. The highest BCUT2D eigenvalue weighted by molar-refractivity contribution is 7.15. The summed E-state index contributed by atoms with van der Waals surface area (Å²) < 4.78 is 42.2. The first kappa shape index (κ1) is 18.2. The molecule has 0 spiro atoms. The maximum Gasteiger partial charge on any atom is 0.471 e. The predicted octanol–water partition coefficient (Wildman–Crippen LogP) is 3.89. The third-order valence-corrected chi connectivity index (χ3v) is 5.55. The number of aromatic nitrogens is 2. The SMILES string of the molecule is N#Cc1ccccc1C(=O)N1CCc2sc(-c3noc(C(F)(F)F)n3)cc2C1. The normalized spacial score (nSPS) is 13.9. The molecule has 0 saturated carbocycles. The Hall–Kier alpha value is -3.19. The van der Waals surface area contributed by atoms with E-state index in [1.54, 1.807) is 35.2 Å². The Morgan fingerprint density at radius 1 is 1.32 bits per heavy atom. The van der Waals surface area contributed by atoms with Crippen molar-refractivity contribution in [3.8, 4) is 16.8 Å². The second-order valence-electron chi connectivity index (χ2n) is 6.11. The van der Waals surface area contributed by atoms with E-state index in [1.165, 1.54) is 11.3 Å². The van der Waals surface area contributed by atoms with E-state index in [4.69, 9.17) is 0 Å². The van der Waals surface area contributed by atoms with Gasteiger partial charge in [0.2, 0.25) is 5.82 Å². The number of thiophene rings is 1. The van der Waals surface area contributed by atoms with E-state index in [1.807, 2.05) is 6.07 Å². The van der Waals surface area contributed by atoms with Crippen LogP contribution in [0.25, 0.3) is 10.7 Å². The van der Waals surface area contributed by atoms with Gasteiger partial charge in [-0.05, 0) is 30.2 Å².